The Morgan fingerprint density at radius 3 is 2.62 bits per heavy atom. The highest BCUT2D eigenvalue weighted by atomic mass is 16.6. The van der Waals surface area contributed by atoms with Gasteiger partial charge in [0.1, 0.15) is 18.9 Å². The van der Waals surface area contributed by atoms with Gasteiger partial charge in [0, 0.05) is 5.56 Å². The minimum Gasteiger partial charge on any atom is -0.474 e. The van der Waals surface area contributed by atoms with Gasteiger partial charge >= 0.3 is 6.09 Å². The third-order valence-corrected chi connectivity index (χ3v) is 2.50. The summed E-state index contributed by atoms with van der Waals surface area (Å²) in [5, 5.41) is 25.9. The Kier molecular flexibility index (Phi) is 5.56. The molecule has 1 aromatic heterocycles. The Morgan fingerprint density at radius 1 is 1.43 bits per heavy atom. The molecule has 9 heteroatoms. The van der Waals surface area contributed by atoms with Gasteiger partial charge < -0.3 is 14.7 Å². The van der Waals surface area contributed by atoms with E-state index in [-0.39, 0.29) is 30.2 Å². The molecule has 1 amide bonds. The highest BCUT2D eigenvalue weighted by Gasteiger charge is 2.23. The summed E-state index contributed by atoms with van der Waals surface area (Å²) < 4.78 is 5.43. The van der Waals surface area contributed by atoms with Gasteiger partial charge in [0.05, 0.1) is 0 Å². The summed E-state index contributed by atoms with van der Waals surface area (Å²) in [4.78, 5) is 15.0. The lowest BCUT2D eigenvalue weighted by molar-refractivity contribution is 0.0990. The van der Waals surface area contributed by atoms with Crippen molar-refractivity contribution in [2.45, 2.75) is 26.2 Å². The molecule has 1 rings (SSSR count). The summed E-state index contributed by atoms with van der Waals surface area (Å²) in [5.41, 5.74) is 0.485. The maximum atomic E-state index is 10.6. The first-order chi connectivity index (χ1) is 9.75. The maximum absolute atomic E-state index is 10.6. The molecule has 0 aliphatic rings. The van der Waals surface area contributed by atoms with Gasteiger partial charge in [0.2, 0.25) is 5.88 Å². The Labute approximate surface area is 121 Å². The third-order valence-electron chi connectivity index (χ3n) is 2.50. The molecule has 9 nitrogen and oxygen atoms in total. The van der Waals surface area contributed by atoms with E-state index in [2.05, 4.69) is 15.0 Å². The van der Waals surface area contributed by atoms with Crippen LogP contribution in [-0.2, 0) is 10.3 Å². The second-order valence-corrected chi connectivity index (χ2v) is 5.22. The molecule has 1 heterocycles. The Balaban J connectivity index is 3.07. The molecule has 0 fully saturated rings. The van der Waals surface area contributed by atoms with E-state index >= 15 is 0 Å². The zero-order valence-corrected chi connectivity index (χ0v) is 12.1. The predicted molar refractivity (Wildman–Crippen MR) is 74.4 cm³/mol. The highest BCUT2D eigenvalue weighted by Crippen LogP contribution is 2.29. The normalized spacial score (nSPS) is 11.0. The summed E-state index contributed by atoms with van der Waals surface area (Å²) in [6.45, 7) is 6.22. The van der Waals surface area contributed by atoms with Crippen LogP contribution in [-0.4, -0.2) is 40.4 Å². The Bertz CT molecular complexity index is 527. The molecule has 0 radical (unpaired) electrons. The van der Waals surface area contributed by atoms with E-state index in [0.717, 1.165) is 0 Å². The molecule has 0 atom stereocenters. The molecule has 116 valence electrons. The van der Waals surface area contributed by atoms with Gasteiger partial charge in [0.15, 0.2) is 5.84 Å². The van der Waals surface area contributed by atoms with Crippen molar-refractivity contribution in [3.8, 4) is 5.88 Å². The van der Waals surface area contributed by atoms with Crippen LogP contribution in [0.15, 0.2) is 6.07 Å². The van der Waals surface area contributed by atoms with E-state index in [1.54, 1.807) is 6.07 Å². The first kappa shape index (κ1) is 16.8. The van der Waals surface area contributed by atoms with Crippen LogP contribution in [0.25, 0.3) is 0 Å². The fraction of sp³-hybridized carbons (Fsp3) is 0.500. The van der Waals surface area contributed by atoms with E-state index in [1.807, 2.05) is 26.1 Å². The SMILES string of the molecule is CC(C)(C)c1cc(C(=N)NC(=O)O)nnc1OCCON. The summed E-state index contributed by atoms with van der Waals surface area (Å²) in [6, 6.07) is 1.57. The number of hydrogen-bond donors (Lipinski definition) is 4. The summed E-state index contributed by atoms with van der Waals surface area (Å²) in [5.74, 6) is 4.87. The van der Waals surface area contributed by atoms with Gasteiger partial charge in [-0.15, -0.1) is 10.2 Å². The predicted octanol–water partition coefficient (Wildman–Crippen LogP) is 0.636. The van der Waals surface area contributed by atoms with Crippen molar-refractivity contribution >= 4 is 11.9 Å². The molecular weight excluding hydrogens is 278 g/mol. The molecule has 21 heavy (non-hydrogen) atoms. The number of aromatic nitrogens is 2. The molecule has 0 aliphatic carbocycles. The average molecular weight is 297 g/mol. The average Bonchev–Trinajstić information content (AvgIpc) is 2.37. The molecular formula is C12H19N5O4. The van der Waals surface area contributed by atoms with Crippen LogP contribution >= 0.6 is 0 Å². The van der Waals surface area contributed by atoms with Crippen LogP contribution < -0.4 is 16.0 Å². The van der Waals surface area contributed by atoms with E-state index in [1.165, 1.54) is 0 Å². The molecule has 0 saturated heterocycles. The van der Waals surface area contributed by atoms with Gasteiger partial charge in [-0.2, -0.15) is 0 Å². The van der Waals surface area contributed by atoms with Crippen molar-refractivity contribution in [2.24, 2.45) is 5.90 Å². The number of carbonyl (C=O) groups is 1. The molecule has 0 aromatic carbocycles. The largest absolute Gasteiger partial charge is 0.474 e. The number of nitrogens with one attached hydrogen (secondary N) is 2. The smallest absolute Gasteiger partial charge is 0.410 e. The second-order valence-electron chi connectivity index (χ2n) is 5.22. The highest BCUT2D eigenvalue weighted by molar-refractivity contribution is 6.02. The molecule has 0 spiro atoms. The van der Waals surface area contributed by atoms with Crippen LogP contribution in [0.1, 0.15) is 32.0 Å². The zero-order valence-electron chi connectivity index (χ0n) is 12.1. The van der Waals surface area contributed by atoms with Crippen LogP contribution in [0.4, 0.5) is 4.79 Å². The van der Waals surface area contributed by atoms with Crippen LogP contribution in [0.2, 0.25) is 0 Å². The quantitative estimate of drug-likeness (QED) is 0.270. The summed E-state index contributed by atoms with van der Waals surface area (Å²) in [6.07, 6.45) is -1.33. The lowest BCUT2D eigenvalue weighted by Crippen LogP contribution is -2.30. The lowest BCUT2D eigenvalue weighted by Gasteiger charge is -2.22. The topological polar surface area (TPSA) is 143 Å². The summed E-state index contributed by atoms with van der Waals surface area (Å²) in [7, 11) is 0. The van der Waals surface area contributed by atoms with Crippen molar-refractivity contribution in [3.63, 3.8) is 0 Å². The fourth-order valence-corrected chi connectivity index (χ4v) is 1.50. The van der Waals surface area contributed by atoms with Crippen LogP contribution in [0.3, 0.4) is 0 Å². The number of rotatable bonds is 5. The molecule has 0 unspecified atom stereocenters. The second kappa shape index (κ2) is 6.95. The van der Waals surface area contributed by atoms with Gasteiger partial charge in [-0.05, 0) is 11.5 Å². The number of hydrogen-bond acceptors (Lipinski definition) is 7. The van der Waals surface area contributed by atoms with Crippen LogP contribution in [0, 0.1) is 5.41 Å². The molecule has 0 saturated carbocycles. The number of amidine groups is 1. The first-order valence-corrected chi connectivity index (χ1v) is 6.17. The summed E-state index contributed by atoms with van der Waals surface area (Å²) >= 11 is 0. The minimum atomic E-state index is -1.33. The van der Waals surface area contributed by atoms with Gasteiger partial charge in [0.25, 0.3) is 0 Å². The van der Waals surface area contributed by atoms with Crippen molar-refractivity contribution in [2.75, 3.05) is 13.2 Å². The maximum Gasteiger partial charge on any atom is 0.410 e. The molecule has 0 bridgehead atoms. The Morgan fingerprint density at radius 2 is 2.10 bits per heavy atom. The molecule has 0 aliphatic heterocycles. The lowest BCUT2D eigenvalue weighted by atomic mass is 9.87. The van der Waals surface area contributed by atoms with E-state index in [4.69, 9.17) is 21.1 Å². The molecule has 1 aromatic rings. The first-order valence-electron chi connectivity index (χ1n) is 6.17. The van der Waals surface area contributed by atoms with Crippen LogP contribution in [0.5, 0.6) is 5.88 Å². The van der Waals surface area contributed by atoms with Gasteiger partial charge in [-0.3, -0.25) is 10.7 Å². The number of nitrogens with zero attached hydrogens (tertiary/aromatic N) is 2. The number of carboxylic acid groups (broad SMARTS) is 1. The Hall–Kier alpha value is -2.26. The number of ether oxygens (including phenoxy) is 1. The van der Waals surface area contributed by atoms with Gasteiger partial charge in [-0.1, -0.05) is 20.8 Å². The minimum absolute atomic E-state index is 0.116. The number of nitrogens with two attached hydrogens (primary N) is 1. The standard InChI is InChI=1S/C12H19N5O4/c1-12(2,3)7-6-8(9(13)15-11(18)19)16-17-10(7)20-4-5-21-14/h6H,4-5,14H2,1-3H3,(H2,13,15)(H,18,19). The van der Waals surface area contributed by atoms with Gasteiger partial charge in [-0.25, -0.2) is 10.7 Å². The van der Waals surface area contributed by atoms with E-state index in [9.17, 15) is 4.79 Å². The zero-order chi connectivity index (χ0) is 16.0. The van der Waals surface area contributed by atoms with E-state index in [0.29, 0.717) is 11.4 Å². The fourth-order valence-electron chi connectivity index (χ4n) is 1.50. The van der Waals surface area contributed by atoms with Crippen molar-refractivity contribution in [1.82, 2.24) is 15.5 Å². The van der Waals surface area contributed by atoms with Crippen molar-refractivity contribution < 1.29 is 19.5 Å². The third kappa shape index (κ3) is 4.97. The number of amides is 1. The molecule has 5 N–H and O–H groups in total. The van der Waals surface area contributed by atoms with Crippen molar-refractivity contribution in [3.05, 3.63) is 17.3 Å². The monoisotopic (exact) mass is 297 g/mol. The van der Waals surface area contributed by atoms with E-state index < -0.39 is 6.09 Å². The van der Waals surface area contributed by atoms with Crippen molar-refractivity contribution in [1.29, 1.82) is 5.41 Å².